The van der Waals surface area contributed by atoms with Gasteiger partial charge in [0.05, 0.1) is 5.60 Å². The van der Waals surface area contributed by atoms with Crippen LogP contribution >= 0.6 is 0 Å². The normalized spacial score (nSPS) is 29.6. The molecule has 4 nitrogen and oxygen atoms in total. The monoisotopic (exact) mass is 257 g/mol. The average molecular weight is 257 g/mol. The molecule has 0 bridgehead atoms. The van der Waals surface area contributed by atoms with Gasteiger partial charge in [-0.1, -0.05) is 13.8 Å². The summed E-state index contributed by atoms with van der Waals surface area (Å²) in [7, 11) is 0. The van der Waals surface area contributed by atoms with Crippen molar-refractivity contribution in [3.05, 3.63) is 0 Å². The second-order valence-electron chi connectivity index (χ2n) is 6.88. The Labute approximate surface area is 110 Å². The third-order valence-corrected chi connectivity index (χ3v) is 3.56. The number of hydrogen-bond donors (Lipinski definition) is 1. The summed E-state index contributed by atoms with van der Waals surface area (Å²) >= 11 is 0. The van der Waals surface area contributed by atoms with E-state index < -0.39 is 11.2 Å². The molecule has 1 N–H and O–H groups in total. The van der Waals surface area contributed by atoms with Crippen LogP contribution in [0.1, 0.15) is 48.0 Å². The molecule has 0 aromatic carbocycles. The summed E-state index contributed by atoms with van der Waals surface area (Å²) in [6.45, 7) is 12.8. The van der Waals surface area contributed by atoms with Gasteiger partial charge in [0.2, 0.25) is 0 Å². The molecule has 106 valence electrons. The van der Waals surface area contributed by atoms with Crippen LogP contribution in [0.5, 0.6) is 0 Å². The number of carbonyl (C=O) groups excluding carboxylic acids is 1. The van der Waals surface area contributed by atoms with Crippen LogP contribution in [0.25, 0.3) is 0 Å². The van der Waals surface area contributed by atoms with Crippen LogP contribution in [0.2, 0.25) is 0 Å². The molecule has 2 atom stereocenters. The third kappa shape index (κ3) is 3.87. The lowest BCUT2D eigenvalue weighted by Gasteiger charge is -2.44. The molecule has 1 amide bonds. The fraction of sp³-hybridized carbons (Fsp3) is 0.929. The van der Waals surface area contributed by atoms with Gasteiger partial charge in [0.15, 0.2) is 0 Å². The molecule has 0 saturated carbocycles. The van der Waals surface area contributed by atoms with Gasteiger partial charge in [0, 0.05) is 19.0 Å². The van der Waals surface area contributed by atoms with Crippen molar-refractivity contribution in [3.63, 3.8) is 0 Å². The Hall–Kier alpha value is -0.770. The van der Waals surface area contributed by atoms with Gasteiger partial charge < -0.3 is 14.7 Å². The quantitative estimate of drug-likeness (QED) is 0.785. The second-order valence-corrected chi connectivity index (χ2v) is 6.88. The number of rotatable bonds is 1. The van der Waals surface area contributed by atoms with Gasteiger partial charge in [0.1, 0.15) is 5.60 Å². The molecule has 18 heavy (non-hydrogen) atoms. The van der Waals surface area contributed by atoms with E-state index >= 15 is 0 Å². The molecule has 2 unspecified atom stereocenters. The van der Waals surface area contributed by atoms with Crippen LogP contribution in [0, 0.1) is 11.8 Å². The lowest BCUT2D eigenvalue weighted by molar-refractivity contribution is -0.0764. The second kappa shape index (κ2) is 5.08. The zero-order chi connectivity index (χ0) is 14.1. The topological polar surface area (TPSA) is 49.8 Å². The Morgan fingerprint density at radius 3 is 2.44 bits per heavy atom. The Bertz CT molecular complexity index is 305. The molecule has 1 rings (SSSR count). The van der Waals surface area contributed by atoms with E-state index in [-0.39, 0.29) is 12.0 Å². The smallest absolute Gasteiger partial charge is 0.410 e. The Morgan fingerprint density at radius 2 is 2.00 bits per heavy atom. The number of likely N-dealkylation sites (tertiary alicyclic amines) is 1. The summed E-state index contributed by atoms with van der Waals surface area (Å²) in [5, 5.41) is 10.4. The van der Waals surface area contributed by atoms with E-state index in [0.29, 0.717) is 25.4 Å². The first-order valence-corrected chi connectivity index (χ1v) is 6.73. The third-order valence-electron chi connectivity index (χ3n) is 3.56. The SMILES string of the molecule is CC(C)C1CN(C(=O)OC(C)(C)C)CCC1(C)O. The highest BCUT2D eigenvalue weighted by molar-refractivity contribution is 5.68. The van der Waals surface area contributed by atoms with Crippen LogP contribution < -0.4 is 0 Å². The van der Waals surface area contributed by atoms with Crippen LogP contribution in [-0.4, -0.2) is 40.4 Å². The largest absolute Gasteiger partial charge is 0.444 e. The van der Waals surface area contributed by atoms with E-state index in [1.807, 2.05) is 27.7 Å². The number of hydrogen-bond acceptors (Lipinski definition) is 3. The van der Waals surface area contributed by atoms with Gasteiger partial charge in [-0.2, -0.15) is 0 Å². The molecule has 4 heteroatoms. The molecule has 1 aliphatic rings. The van der Waals surface area contributed by atoms with Crippen LogP contribution in [0.15, 0.2) is 0 Å². The van der Waals surface area contributed by atoms with E-state index in [1.165, 1.54) is 0 Å². The molecular formula is C14H27NO3. The Balaban J connectivity index is 2.69. The van der Waals surface area contributed by atoms with Crippen molar-refractivity contribution in [1.82, 2.24) is 4.90 Å². The van der Waals surface area contributed by atoms with Gasteiger partial charge in [-0.15, -0.1) is 0 Å². The van der Waals surface area contributed by atoms with Crippen molar-refractivity contribution in [3.8, 4) is 0 Å². The number of ether oxygens (including phenoxy) is 1. The summed E-state index contributed by atoms with van der Waals surface area (Å²) in [6, 6.07) is 0. The van der Waals surface area contributed by atoms with Gasteiger partial charge in [0.25, 0.3) is 0 Å². The molecule has 1 fully saturated rings. The van der Waals surface area contributed by atoms with E-state index in [0.717, 1.165) is 0 Å². The molecule has 0 radical (unpaired) electrons. The highest BCUT2D eigenvalue weighted by atomic mass is 16.6. The Morgan fingerprint density at radius 1 is 1.44 bits per heavy atom. The highest BCUT2D eigenvalue weighted by Crippen LogP contribution is 2.33. The minimum atomic E-state index is -0.688. The van der Waals surface area contributed by atoms with Crippen molar-refractivity contribution < 1.29 is 14.6 Å². The summed E-state index contributed by atoms with van der Waals surface area (Å²) in [5.41, 5.74) is -1.16. The van der Waals surface area contributed by atoms with Crippen molar-refractivity contribution in [2.24, 2.45) is 11.8 Å². The molecule has 0 aliphatic carbocycles. The number of amides is 1. The summed E-state index contributed by atoms with van der Waals surface area (Å²) in [6.07, 6.45) is 0.332. The van der Waals surface area contributed by atoms with E-state index in [2.05, 4.69) is 13.8 Å². The standard InChI is InChI=1S/C14H27NO3/c1-10(2)11-9-15(8-7-14(11,6)17)12(16)18-13(3,4)5/h10-11,17H,7-9H2,1-6H3. The molecule has 1 heterocycles. The van der Waals surface area contributed by atoms with Gasteiger partial charge in [-0.3, -0.25) is 0 Å². The predicted octanol–water partition coefficient (Wildman–Crippen LogP) is 2.65. The van der Waals surface area contributed by atoms with E-state index in [4.69, 9.17) is 4.74 Å². The summed E-state index contributed by atoms with van der Waals surface area (Å²) in [4.78, 5) is 13.7. The highest BCUT2D eigenvalue weighted by Gasteiger charge is 2.41. The first-order chi connectivity index (χ1) is 8.03. The number of aliphatic hydroxyl groups is 1. The maximum absolute atomic E-state index is 12.0. The van der Waals surface area contributed by atoms with Crippen molar-refractivity contribution in [2.45, 2.75) is 59.2 Å². The first kappa shape index (κ1) is 15.3. The predicted molar refractivity (Wildman–Crippen MR) is 71.4 cm³/mol. The van der Waals surface area contributed by atoms with E-state index in [1.54, 1.807) is 4.90 Å². The fourth-order valence-electron chi connectivity index (χ4n) is 2.49. The maximum atomic E-state index is 12.0. The number of piperidine rings is 1. The van der Waals surface area contributed by atoms with Crippen molar-refractivity contribution in [1.29, 1.82) is 0 Å². The maximum Gasteiger partial charge on any atom is 0.410 e. The van der Waals surface area contributed by atoms with Gasteiger partial charge >= 0.3 is 6.09 Å². The minimum Gasteiger partial charge on any atom is -0.444 e. The van der Waals surface area contributed by atoms with Crippen LogP contribution in [0.4, 0.5) is 4.79 Å². The van der Waals surface area contributed by atoms with Crippen molar-refractivity contribution >= 4 is 6.09 Å². The lowest BCUT2D eigenvalue weighted by atomic mass is 9.76. The molecule has 0 spiro atoms. The zero-order valence-electron chi connectivity index (χ0n) is 12.5. The van der Waals surface area contributed by atoms with E-state index in [9.17, 15) is 9.90 Å². The minimum absolute atomic E-state index is 0.0961. The first-order valence-electron chi connectivity index (χ1n) is 6.73. The van der Waals surface area contributed by atoms with Gasteiger partial charge in [-0.05, 0) is 40.0 Å². The molecule has 0 aromatic rings. The van der Waals surface area contributed by atoms with Crippen LogP contribution in [-0.2, 0) is 4.74 Å². The van der Waals surface area contributed by atoms with Crippen molar-refractivity contribution in [2.75, 3.05) is 13.1 Å². The zero-order valence-corrected chi connectivity index (χ0v) is 12.5. The fourth-order valence-corrected chi connectivity index (χ4v) is 2.49. The molecule has 1 aliphatic heterocycles. The summed E-state index contributed by atoms with van der Waals surface area (Å²) < 4.78 is 5.38. The number of nitrogens with zero attached hydrogens (tertiary/aromatic N) is 1. The Kier molecular flexibility index (Phi) is 4.31. The number of carbonyl (C=O) groups is 1. The summed E-state index contributed by atoms with van der Waals surface area (Å²) in [5.74, 6) is 0.434. The molecule has 1 saturated heterocycles. The van der Waals surface area contributed by atoms with Gasteiger partial charge in [-0.25, -0.2) is 4.79 Å². The van der Waals surface area contributed by atoms with Crippen LogP contribution in [0.3, 0.4) is 0 Å². The average Bonchev–Trinajstić information content (AvgIpc) is 2.13. The lowest BCUT2D eigenvalue weighted by Crippen LogP contribution is -2.54. The molecule has 0 aromatic heterocycles. The molecular weight excluding hydrogens is 230 g/mol.